The minimum atomic E-state index is 0.456. The number of nitrogen functional groups attached to an aromatic ring is 1. The molecule has 0 radical (unpaired) electrons. The van der Waals surface area contributed by atoms with Crippen LogP contribution >= 0.6 is 11.3 Å². The second-order valence-corrected chi connectivity index (χ2v) is 5.78. The lowest BCUT2D eigenvalue weighted by molar-refractivity contribution is 1.16. The molecule has 7 heteroatoms. The summed E-state index contributed by atoms with van der Waals surface area (Å²) in [4.78, 5) is 12.6. The van der Waals surface area contributed by atoms with E-state index < -0.39 is 0 Å². The van der Waals surface area contributed by atoms with Crippen LogP contribution in [0.5, 0.6) is 0 Å². The van der Waals surface area contributed by atoms with E-state index in [2.05, 4.69) is 38.6 Å². The summed E-state index contributed by atoms with van der Waals surface area (Å²) >= 11 is 1.48. The molecule has 0 bridgehead atoms. The molecular weight excluding hydrogens is 296 g/mol. The second kappa shape index (κ2) is 5.98. The zero-order valence-electron chi connectivity index (χ0n) is 12.3. The maximum Gasteiger partial charge on any atom is 0.188 e. The van der Waals surface area contributed by atoms with Gasteiger partial charge >= 0.3 is 0 Å². The molecule has 0 fully saturated rings. The van der Waals surface area contributed by atoms with Crippen LogP contribution in [-0.4, -0.2) is 15.0 Å². The summed E-state index contributed by atoms with van der Waals surface area (Å²) in [5.74, 6) is 1.11. The molecule has 112 valence electrons. The number of aromatic nitrogens is 3. The lowest BCUT2D eigenvalue weighted by Crippen LogP contribution is -2.05. The molecule has 0 saturated carbocycles. The molecule has 0 aliphatic heterocycles. The first-order valence-electron chi connectivity index (χ1n) is 6.75. The lowest BCUT2D eigenvalue weighted by atomic mass is 10.1. The van der Waals surface area contributed by atoms with Crippen LogP contribution in [0.25, 0.3) is 0 Å². The van der Waals surface area contributed by atoms with Gasteiger partial charge in [-0.1, -0.05) is 17.7 Å². The van der Waals surface area contributed by atoms with E-state index in [4.69, 9.17) is 5.73 Å². The third-order valence-corrected chi connectivity index (χ3v) is 3.87. The number of hydrogen-bond acceptors (Lipinski definition) is 7. The van der Waals surface area contributed by atoms with E-state index in [9.17, 15) is 0 Å². The first-order valence-corrected chi connectivity index (χ1v) is 7.62. The molecule has 0 spiro atoms. The standard InChI is InChI=1S/C15H16N6S/c1-9-3-4-11(10(2)7-9)20-13-12(16)14(19-8-18-13)21-15-17-5-6-22-15/h3-8H,16H2,1-2H3,(H2,17,18,19,20,21). The third kappa shape index (κ3) is 2.99. The fourth-order valence-corrected chi connectivity index (χ4v) is 2.59. The summed E-state index contributed by atoms with van der Waals surface area (Å²) < 4.78 is 0. The summed E-state index contributed by atoms with van der Waals surface area (Å²) in [6.07, 6.45) is 3.19. The van der Waals surface area contributed by atoms with Crippen LogP contribution < -0.4 is 16.4 Å². The van der Waals surface area contributed by atoms with Gasteiger partial charge in [0.15, 0.2) is 16.8 Å². The average Bonchev–Trinajstić information content (AvgIpc) is 2.99. The van der Waals surface area contributed by atoms with Crippen molar-refractivity contribution in [2.45, 2.75) is 13.8 Å². The SMILES string of the molecule is Cc1ccc(Nc2ncnc(Nc3nccs3)c2N)c(C)c1. The van der Waals surface area contributed by atoms with E-state index in [1.165, 1.54) is 23.2 Å². The molecule has 22 heavy (non-hydrogen) atoms. The Kier molecular flexibility index (Phi) is 3.88. The van der Waals surface area contributed by atoms with Crippen LogP contribution in [0.15, 0.2) is 36.1 Å². The van der Waals surface area contributed by atoms with Gasteiger partial charge in [0.2, 0.25) is 0 Å². The Morgan fingerprint density at radius 1 is 1.05 bits per heavy atom. The number of anilines is 5. The van der Waals surface area contributed by atoms with Gasteiger partial charge in [0.1, 0.15) is 12.0 Å². The summed E-state index contributed by atoms with van der Waals surface area (Å²) in [7, 11) is 0. The van der Waals surface area contributed by atoms with E-state index in [0.717, 1.165) is 16.4 Å². The molecule has 6 nitrogen and oxygen atoms in total. The number of aryl methyl sites for hydroxylation is 2. The van der Waals surface area contributed by atoms with Crippen molar-refractivity contribution in [3.05, 3.63) is 47.2 Å². The van der Waals surface area contributed by atoms with Gasteiger partial charge in [0.25, 0.3) is 0 Å². The summed E-state index contributed by atoms with van der Waals surface area (Å²) in [6, 6.07) is 6.16. The van der Waals surface area contributed by atoms with Crippen molar-refractivity contribution < 1.29 is 0 Å². The largest absolute Gasteiger partial charge is 0.393 e. The molecule has 1 aromatic carbocycles. The van der Waals surface area contributed by atoms with E-state index in [1.54, 1.807) is 6.20 Å². The van der Waals surface area contributed by atoms with Gasteiger partial charge in [0.05, 0.1) is 0 Å². The Labute approximate surface area is 132 Å². The van der Waals surface area contributed by atoms with Gasteiger partial charge in [-0.3, -0.25) is 0 Å². The third-order valence-electron chi connectivity index (χ3n) is 3.18. The number of hydrogen-bond donors (Lipinski definition) is 3. The van der Waals surface area contributed by atoms with Crippen molar-refractivity contribution >= 4 is 39.5 Å². The van der Waals surface area contributed by atoms with Gasteiger partial charge in [-0.05, 0) is 25.5 Å². The van der Waals surface area contributed by atoms with Gasteiger partial charge in [0, 0.05) is 17.3 Å². The van der Waals surface area contributed by atoms with Crippen LogP contribution in [0.1, 0.15) is 11.1 Å². The molecule has 0 saturated heterocycles. The van der Waals surface area contributed by atoms with Crippen LogP contribution in [0.4, 0.5) is 28.1 Å². The fraction of sp³-hybridized carbons (Fsp3) is 0.133. The van der Waals surface area contributed by atoms with Gasteiger partial charge in [-0.15, -0.1) is 11.3 Å². The van der Waals surface area contributed by atoms with Crippen molar-refractivity contribution in [3.63, 3.8) is 0 Å². The monoisotopic (exact) mass is 312 g/mol. The molecule has 0 aliphatic carbocycles. The van der Waals surface area contributed by atoms with E-state index >= 15 is 0 Å². The highest BCUT2D eigenvalue weighted by Crippen LogP contribution is 2.29. The highest BCUT2D eigenvalue weighted by molar-refractivity contribution is 7.13. The zero-order chi connectivity index (χ0) is 15.5. The lowest BCUT2D eigenvalue weighted by Gasteiger charge is -2.13. The molecule has 0 atom stereocenters. The molecule has 3 rings (SSSR count). The quantitative estimate of drug-likeness (QED) is 0.682. The molecule has 0 unspecified atom stereocenters. The van der Waals surface area contributed by atoms with Gasteiger partial charge in [-0.25, -0.2) is 15.0 Å². The molecule has 0 aliphatic rings. The highest BCUT2D eigenvalue weighted by atomic mass is 32.1. The van der Waals surface area contributed by atoms with Crippen molar-refractivity contribution in [2.24, 2.45) is 0 Å². The predicted molar refractivity (Wildman–Crippen MR) is 91.0 cm³/mol. The first-order chi connectivity index (χ1) is 10.6. The summed E-state index contributed by atoms with van der Waals surface area (Å²) in [6.45, 7) is 4.10. The minimum absolute atomic E-state index is 0.456. The maximum absolute atomic E-state index is 6.15. The number of nitrogens with two attached hydrogens (primary N) is 1. The molecule has 2 heterocycles. The average molecular weight is 312 g/mol. The Morgan fingerprint density at radius 3 is 2.50 bits per heavy atom. The second-order valence-electron chi connectivity index (χ2n) is 4.89. The number of thiazole rings is 1. The zero-order valence-corrected chi connectivity index (χ0v) is 13.1. The summed E-state index contributed by atoms with van der Waals surface area (Å²) in [5, 5.41) is 8.97. The highest BCUT2D eigenvalue weighted by Gasteiger charge is 2.10. The first kappa shape index (κ1) is 14.3. The fourth-order valence-electron chi connectivity index (χ4n) is 2.06. The van der Waals surface area contributed by atoms with E-state index in [1.807, 2.05) is 24.4 Å². The maximum atomic E-state index is 6.15. The van der Waals surface area contributed by atoms with Crippen molar-refractivity contribution in [1.29, 1.82) is 0 Å². The predicted octanol–water partition coefficient (Wildman–Crippen LogP) is 3.62. The van der Waals surface area contributed by atoms with E-state index in [-0.39, 0.29) is 0 Å². The van der Waals surface area contributed by atoms with Gasteiger partial charge in [-0.2, -0.15) is 0 Å². The van der Waals surface area contributed by atoms with Crippen molar-refractivity contribution in [2.75, 3.05) is 16.4 Å². The normalized spacial score (nSPS) is 10.5. The number of benzene rings is 1. The van der Waals surface area contributed by atoms with E-state index in [0.29, 0.717) is 17.3 Å². The number of nitrogens with zero attached hydrogens (tertiary/aromatic N) is 3. The van der Waals surface area contributed by atoms with Gasteiger partial charge < -0.3 is 16.4 Å². The van der Waals surface area contributed by atoms with Crippen LogP contribution in [0, 0.1) is 13.8 Å². The van der Waals surface area contributed by atoms with Crippen molar-refractivity contribution in [1.82, 2.24) is 15.0 Å². The Balaban J connectivity index is 1.88. The summed E-state index contributed by atoms with van der Waals surface area (Å²) in [5.41, 5.74) is 9.92. The minimum Gasteiger partial charge on any atom is -0.393 e. The molecule has 0 amide bonds. The molecule has 4 N–H and O–H groups in total. The Hall–Kier alpha value is -2.67. The van der Waals surface area contributed by atoms with Crippen LogP contribution in [0.3, 0.4) is 0 Å². The number of rotatable bonds is 4. The van der Waals surface area contributed by atoms with Crippen molar-refractivity contribution in [3.8, 4) is 0 Å². The smallest absolute Gasteiger partial charge is 0.188 e. The Morgan fingerprint density at radius 2 is 1.82 bits per heavy atom. The van der Waals surface area contributed by atoms with Crippen LogP contribution in [-0.2, 0) is 0 Å². The molecule has 3 aromatic rings. The molecular formula is C15H16N6S. The van der Waals surface area contributed by atoms with Crippen LogP contribution in [0.2, 0.25) is 0 Å². The Bertz CT molecular complexity index is 785. The number of nitrogens with one attached hydrogen (secondary N) is 2. The topological polar surface area (TPSA) is 88.8 Å². The molecule has 2 aromatic heterocycles.